The Bertz CT molecular complexity index is 801. The van der Waals surface area contributed by atoms with Crippen LogP contribution in [-0.2, 0) is 0 Å². The zero-order chi connectivity index (χ0) is 12.5. The second-order valence-corrected chi connectivity index (χ2v) is 4.13. The number of fused-ring (bicyclic) bond motifs is 1. The van der Waals surface area contributed by atoms with Gasteiger partial charge in [-0.25, -0.2) is 4.79 Å². The summed E-state index contributed by atoms with van der Waals surface area (Å²) in [5.41, 5.74) is 4.04. The highest BCUT2D eigenvalue weighted by Crippen LogP contribution is 2.10. The molecule has 1 aromatic carbocycles. The van der Waals surface area contributed by atoms with Gasteiger partial charge in [-0.3, -0.25) is 15.4 Å². The topological polar surface area (TPSA) is 78.5 Å². The Morgan fingerprint density at radius 1 is 1.22 bits per heavy atom. The van der Waals surface area contributed by atoms with Gasteiger partial charge < -0.3 is 0 Å². The summed E-state index contributed by atoms with van der Waals surface area (Å²) < 4.78 is 0.370. The van der Waals surface area contributed by atoms with Gasteiger partial charge in [-0.05, 0) is 12.1 Å². The maximum absolute atomic E-state index is 11.2. The SMILES string of the molecule is O=c1[nH]c(=S)c2cn(Nc3ccccc3)nc2[nH]1. The van der Waals surface area contributed by atoms with Crippen molar-refractivity contribution in [2.24, 2.45) is 0 Å². The van der Waals surface area contributed by atoms with Crippen molar-refractivity contribution < 1.29 is 0 Å². The van der Waals surface area contributed by atoms with Gasteiger partial charge >= 0.3 is 5.69 Å². The number of anilines is 1. The molecule has 0 aliphatic carbocycles. The molecule has 0 saturated carbocycles. The van der Waals surface area contributed by atoms with Crippen molar-refractivity contribution in [1.29, 1.82) is 0 Å². The van der Waals surface area contributed by atoms with Crippen LogP contribution in [0.25, 0.3) is 11.0 Å². The Labute approximate surface area is 106 Å². The van der Waals surface area contributed by atoms with Crippen LogP contribution in [-0.4, -0.2) is 19.9 Å². The largest absolute Gasteiger partial charge is 0.325 e. The first-order valence-electron chi connectivity index (χ1n) is 5.26. The molecule has 6 nitrogen and oxygen atoms in total. The number of rotatable bonds is 2. The molecule has 18 heavy (non-hydrogen) atoms. The summed E-state index contributed by atoms with van der Waals surface area (Å²) in [5.74, 6) is 0. The Kier molecular flexibility index (Phi) is 2.45. The third-order valence-corrected chi connectivity index (χ3v) is 2.76. The van der Waals surface area contributed by atoms with Crippen LogP contribution in [0.3, 0.4) is 0 Å². The van der Waals surface area contributed by atoms with Crippen molar-refractivity contribution in [1.82, 2.24) is 19.9 Å². The third kappa shape index (κ3) is 1.91. The minimum atomic E-state index is -0.363. The predicted molar refractivity (Wildman–Crippen MR) is 71.0 cm³/mol. The highest BCUT2D eigenvalue weighted by atomic mass is 32.1. The molecule has 0 saturated heterocycles. The summed E-state index contributed by atoms with van der Waals surface area (Å²) >= 11 is 5.06. The lowest BCUT2D eigenvalue weighted by Gasteiger charge is -2.03. The van der Waals surface area contributed by atoms with Gasteiger partial charge in [-0.1, -0.05) is 30.4 Å². The first-order valence-corrected chi connectivity index (χ1v) is 5.67. The summed E-state index contributed by atoms with van der Waals surface area (Å²) in [5, 5.41) is 4.88. The molecule has 3 N–H and O–H groups in total. The van der Waals surface area contributed by atoms with Gasteiger partial charge in [-0.2, -0.15) is 4.79 Å². The van der Waals surface area contributed by atoms with E-state index in [2.05, 4.69) is 20.5 Å². The Hall–Kier alpha value is -2.41. The first-order chi connectivity index (χ1) is 8.72. The zero-order valence-corrected chi connectivity index (χ0v) is 9.99. The van der Waals surface area contributed by atoms with Gasteiger partial charge in [0.05, 0.1) is 17.3 Å². The molecule has 0 unspecified atom stereocenters. The molecule has 0 aliphatic rings. The third-order valence-electron chi connectivity index (χ3n) is 2.44. The molecule has 90 valence electrons. The normalized spacial score (nSPS) is 10.7. The number of benzene rings is 1. The predicted octanol–water partition coefficient (Wildman–Crippen LogP) is 1.66. The molecule has 0 aliphatic heterocycles. The standard InChI is InChI=1S/C11H9N5OS/c17-11-12-9-8(10(18)13-11)6-16(15-9)14-7-4-2-1-3-5-7/h1-6,14H,(H2,12,13,15,17,18). The van der Waals surface area contributed by atoms with E-state index in [0.717, 1.165) is 5.69 Å². The lowest BCUT2D eigenvalue weighted by atomic mass is 10.3. The number of H-pyrrole nitrogens is 2. The van der Waals surface area contributed by atoms with Crippen molar-refractivity contribution in [3.8, 4) is 0 Å². The second-order valence-electron chi connectivity index (χ2n) is 3.72. The maximum Gasteiger partial charge on any atom is 0.325 e. The molecule has 2 heterocycles. The van der Waals surface area contributed by atoms with E-state index in [9.17, 15) is 4.79 Å². The van der Waals surface area contributed by atoms with Crippen molar-refractivity contribution in [3.63, 3.8) is 0 Å². The smallest absolute Gasteiger partial charge is 0.298 e. The molecule has 0 spiro atoms. The lowest BCUT2D eigenvalue weighted by Crippen LogP contribution is -2.10. The van der Waals surface area contributed by atoms with Crippen molar-refractivity contribution in [2.75, 3.05) is 5.43 Å². The molecule has 3 rings (SSSR count). The molecule has 0 amide bonds. The highest BCUT2D eigenvalue weighted by Gasteiger charge is 2.03. The van der Waals surface area contributed by atoms with Crippen LogP contribution in [0.2, 0.25) is 0 Å². The quantitative estimate of drug-likeness (QED) is 0.611. The number of hydrogen-bond acceptors (Lipinski definition) is 4. The minimum Gasteiger partial charge on any atom is -0.298 e. The second kappa shape index (κ2) is 4.11. The van der Waals surface area contributed by atoms with Crippen LogP contribution in [0.4, 0.5) is 5.69 Å². The molecule has 0 atom stereocenters. The molecule has 0 bridgehead atoms. The van der Waals surface area contributed by atoms with E-state index >= 15 is 0 Å². The van der Waals surface area contributed by atoms with Crippen LogP contribution >= 0.6 is 12.2 Å². The van der Waals surface area contributed by atoms with Crippen LogP contribution in [0, 0.1) is 4.64 Å². The molecular weight excluding hydrogens is 250 g/mol. The Balaban J connectivity index is 2.07. The fourth-order valence-corrected chi connectivity index (χ4v) is 1.89. The summed E-state index contributed by atoms with van der Waals surface area (Å²) in [6, 6.07) is 9.59. The summed E-state index contributed by atoms with van der Waals surface area (Å²) in [4.78, 5) is 17.8. The molecule has 7 heteroatoms. The van der Waals surface area contributed by atoms with Crippen molar-refractivity contribution >= 4 is 28.9 Å². The molecule has 3 aromatic rings. The van der Waals surface area contributed by atoms with Crippen molar-refractivity contribution in [3.05, 3.63) is 51.7 Å². The summed E-state index contributed by atoms with van der Waals surface area (Å²) in [6.45, 7) is 0. The van der Waals surface area contributed by atoms with E-state index in [1.165, 1.54) is 4.79 Å². The molecule has 2 aromatic heterocycles. The molecule has 0 fully saturated rings. The molecule has 0 radical (unpaired) electrons. The fraction of sp³-hybridized carbons (Fsp3) is 0. The number of nitrogens with one attached hydrogen (secondary N) is 3. The number of nitrogens with zero attached hydrogens (tertiary/aromatic N) is 2. The van der Waals surface area contributed by atoms with E-state index < -0.39 is 0 Å². The van der Waals surface area contributed by atoms with E-state index in [1.54, 1.807) is 6.20 Å². The van der Waals surface area contributed by atoms with Gasteiger partial charge in [0.15, 0.2) is 5.65 Å². The van der Waals surface area contributed by atoms with Gasteiger partial charge in [0, 0.05) is 0 Å². The maximum atomic E-state index is 11.2. The monoisotopic (exact) mass is 259 g/mol. The van der Waals surface area contributed by atoms with E-state index in [4.69, 9.17) is 12.2 Å². The van der Waals surface area contributed by atoms with Gasteiger partial charge in [0.1, 0.15) is 4.64 Å². The zero-order valence-electron chi connectivity index (χ0n) is 9.18. The van der Waals surface area contributed by atoms with Crippen LogP contribution in [0.15, 0.2) is 41.3 Å². The van der Waals surface area contributed by atoms with E-state index in [1.807, 2.05) is 30.3 Å². The number of aromatic amines is 2. The van der Waals surface area contributed by atoms with Gasteiger partial charge in [-0.15, -0.1) is 5.10 Å². The number of para-hydroxylation sites is 1. The fourth-order valence-electron chi connectivity index (χ4n) is 1.64. The number of aromatic nitrogens is 4. The summed E-state index contributed by atoms with van der Waals surface area (Å²) in [6.07, 6.45) is 1.72. The lowest BCUT2D eigenvalue weighted by molar-refractivity contribution is 0.811. The van der Waals surface area contributed by atoms with E-state index in [0.29, 0.717) is 15.7 Å². The highest BCUT2D eigenvalue weighted by molar-refractivity contribution is 7.71. The Morgan fingerprint density at radius 2 is 2.00 bits per heavy atom. The van der Waals surface area contributed by atoms with Crippen LogP contribution < -0.4 is 11.1 Å². The minimum absolute atomic E-state index is 0.363. The van der Waals surface area contributed by atoms with Crippen molar-refractivity contribution in [2.45, 2.75) is 0 Å². The van der Waals surface area contributed by atoms with Crippen LogP contribution in [0.5, 0.6) is 0 Å². The average Bonchev–Trinajstić information content (AvgIpc) is 2.73. The van der Waals surface area contributed by atoms with E-state index in [-0.39, 0.29) is 5.69 Å². The Morgan fingerprint density at radius 3 is 2.78 bits per heavy atom. The average molecular weight is 259 g/mol. The number of hydrogen-bond donors (Lipinski definition) is 3. The van der Waals surface area contributed by atoms with Crippen LogP contribution in [0.1, 0.15) is 0 Å². The van der Waals surface area contributed by atoms with Gasteiger partial charge in [0.25, 0.3) is 0 Å². The first kappa shape index (κ1) is 10.7. The molecular formula is C11H9N5OS. The van der Waals surface area contributed by atoms with Gasteiger partial charge in [0.2, 0.25) is 0 Å². The summed E-state index contributed by atoms with van der Waals surface area (Å²) in [7, 11) is 0.